The SMILES string of the molecule is CCN(CCCO)S(=O)(=O)c1cccc(C(F)(F)F)c1C. The number of halogens is 3. The Bertz CT molecular complexity index is 585. The molecular formula is C13H18F3NO3S. The van der Waals surface area contributed by atoms with Crippen molar-refractivity contribution in [3.63, 3.8) is 0 Å². The zero-order valence-electron chi connectivity index (χ0n) is 11.8. The number of hydrogen-bond acceptors (Lipinski definition) is 3. The Balaban J connectivity index is 3.32. The first-order valence-corrected chi connectivity index (χ1v) is 7.88. The molecule has 0 aliphatic carbocycles. The van der Waals surface area contributed by atoms with Crippen LogP contribution in [-0.4, -0.2) is 37.5 Å². The molecule has 1 aromatic rings. The van der Waals surface area contributed by atoms with E-state index in [4.69, 9.17) is 5.11 Å². The quantitative estimate of drug-likeness (QED) is 0.874. The molecule has 0 aromatic heterocycles. The predicted molar refractivity (Wildman–Crippen MR) is 72.3 cm³/mol. The standard InChI is InChI=1S/C13H18F3NO3S/c1-3-17(8-5-9-18)21(19,20)12-7-4-6-11(10(12)2)13(14,15)16/h4,6-7,18H,3,5,8-9H2,1-2H3. The van der Waals surface area contributed by atoms with Crippen molar-refractivity contribution in [1.82, 2.24) is 4.31 Å². The summed E-state index contributed by atoms with van der Waals surface area (Å²) in [5, 5.41) is 8.78. The summed E-state index contributed by atoms with van der Waals surface area (Å²) in [5.74, 6) is 0. The van der Waals surface area contributed by atoms with Crippen LogP contribution >= 0.6 is 0 Å². The molecule has 0 fully saturated rings. The fourth-order valence-corrected chi connectivity index (χ4v) is 3.77. The number of aliphatic hydroxyl groups excluding tert-OH is 1. The first-order valence-electron chi connectivity index (χ1n) is 6.44. The topological polar surface area (TPSA) is 57.6 Å². The highest BCUT2D eigenvalue weighted by Gasteiger charge is 2.35. The minimum atomic E-state index is -4.60. The van der Waals surface area contributed by atoms with Crippen molar-refractivity contribution in [1.29, 1.82) is 0 Å². The van der Waals surface area contributed by atoms with Gasteiger partial charge in [-0.1, -0.05) is 13.0 Å². The molecule has 1 rings (SSSR count). The Hall–Kier alpha value is -1.12. The predicted octanol–water partition coefficient (Wildman–Crippen LogP) is 2.41. The van der Waals surface area contributed by atoms with E-state index >= 15 is 0 Å². The molecule has 120 valence electrons. The number of alkyl halides is 3. The first-order chi connectivity index (χ1) is 9.66. The number of sulfonamides is 1. The third-order valence-electron chi connectivity index (χ3n) is 3.13. The molecule has 1 aromatic carbocycles. The summed E-state index contributed by atoms with van der Waals surface area (Å²) in [6, 6.07) is 3.11. The molecule has 0 saturated heterocycles. The van der Waals surface area contributed by atoms with Crippen molar-refractivity contribution < 1.29 is 26.7 Å². The number of benzene rings is 1. The highest BCUT2D eigenvalue weighted by molar-refractivity contribution is 7.89. The molecule has 21 heavy (non-hydrogen) atoms. The average molecular weight is 325 g/mol. The maximum absolute atomic E-state index is 12.9. The van der Waals surface area contributed by atoms with Gasteiger partial charge in [-0.2, -0.15) is 17.5 Å². The van der Waals surface area contributed by atoms with Gasteiger partial charge in [-0.3, -0.25) is 0 Å². The summed E-state index contributed by atoms with van der Waals surface area (Å²) in [6.45, 7) is 2.74. The number of aliphatic hydroxyl groups is 1. The van der Waals surface area contributed by atoms with Crippen molar-refractivity contribution in [3.8, 4) is 0 Å². The van der Waals surface area contributed by atoms with Gasteiger partial charge in [0.2, 0.25) is 10.0 Å². The maximum atomic E-state index is 12.9. The van der Waals surface area contributed by atoms with E-state index in [1.807, 2.05) is 0 Å². The maximum Gasteiger partial charge on any atom is 0.416 e. The van der Waals surface area contributed by atoms with E-state index in [-0.39, 0.29) is 36.6 Å². The van der Waals surface area contributed by atoms with E-state index in [1.54, 1.807) is 6.92 Å². The summed E-state index contributed by atoms with van der Waals surface area (Å²) in [5.41, 5.74) is -1.27. The van der Waals surface area contributed by atoms with Crippen molar-refractivity contribution in [2.45, 2.75) is 31.3 Å². The minimum Gasteiger partial charge on any atom is -0.396 e. The lowest BCUT2D eigenvalue weighted by molar-refractivity contribution is -0.138. The Morgan fingerprint density at radius 1 is 1.29 bits per heavy atom. The molecule has 0 bridgehead atoms. The van der Waals surface area contributed by atoms with Crippen LogP contribution in [0.5, 0.6) is 0 Å². The molecule has 0 unspecified atom stereocenters. The first kappa shape index (κ1) is 17.9. The normalized spacial score (nSPS) is 12.9. The highest BCUT2D eigenvalue weighted by atomic mass is 32.2. The van der Waals surface area contributed by atoms with E-state index in [1.165, 1.54) is 6.07 Å². The number of rotatable bonds is 6. The Morgan fingerprint density at radius 3 is 2.38 bits per heavy atom. The van der Waals surface area contributed by atoms with Crippen LogP contribution in [-0.2, 0) is 16.2 Å². The van der Waals surface area contributed by atoms with Gasteiger partial charge in [0.05, 0.1) is 10.5 Å². The average Bonchev–Trinajstić information content (AvgIpc) is 2.38. The Morgan fingerprint density at radius 2 is 1.90 bits per heavy atom. The van der Waals surface area contributed by atoms with Gasteiger partial charge in [-0.05, 0) is 31.0 Å². The molecule has 0 amide bonds. The summed E-state index contributed by atoms with van der Waals surface area (Å²) in [6.07, 6.45) is -4.37. The van der Waals surface area contributed by atoms with Crippen molar-refractivity contribution >= 4 is 10.0 Å². The van der Waals surface area contributed by atoms with Crippen molar-refractivity contribution in [2.24, 2.45) is 0 Å². The van der Waals surface area contributed by atoms with Gasteiger partial charge in [0.1, 0.15) is 0 Å². The third-order valence-corrected chi connectivity index (χ3v) is 5.24. The van der Waals surface area contributed by atoms with Crippen LogP contribution in [0.25, 0.3) is 0 Å². The van der Waals surface area contributed by atoms with E-state index in [0.29, 0.717) is 0 Å². The molecule has 1 N–H and O–H groups in total. The van der Waals surface area contributed by atoms with Crippen LogP contribution in [0.3, 0.4) is 0 Å². The summed E-state index contributed by atoms with van der Waals surface area (Å²) in [7, 11) is -4.01. The molecule has 0 saturated carbocycles. The molecule has 8 heteroatoms. The molecule has 4 nitrogen and oxygen atoms in total. The van der Waals surface area contributed by atoms with Crippen LogP contribution in [0, 0.1) is 6.92 Å². The van der Waals surface area contributed by atoms with Crippen LogP contribution in [0.15, 0.2) is 23.1 Å². The second kappa shape index (κ2) is 6.76. The molecule has 0 aliphatic rings. The summed E-state index contributed by atoms with van der Waals surface area (Å²) >= 11 is 0. The molecule has 0 aliphatic heterocycles. The Kier molecular flexibility index (Phi) is 5.77. The van der Waals surface area contributed by atoms with Crippen LogP contribution in [0.1, 0.15) is 24.5 Å². The van der Waals surface area contributed by atoms with Gasteiger partial charge < -0.3 is 5.11 Å². The van der Waals surface area contributed by atoms with Gasteiger partial charge in [-0.25, -0.2) is 8.42 Å². The highest BCUT2D eigenvalue weighted by Crippen LogP contribution is 2.34. The van der Waals surface area contributed by atoms with Crippen molar-refractivity contribution in [2.75, 3.05) is 19.7 Å². The fraction of sp³-hybridized carbons (Fsp3) is 0.538. The minimum absolute atomic E-state index is 0.0605. The van der Waals surface area contributed by atoms with Crippen LogP contribution in [0.2, 0.25) is 0 Å². The number of hydrogen-bond donors (Lipinski definition) is 1. The second-order valence-corrected chi connectivity index (χ2v) is 6.41. The lowest BCUT2D eigenvalue weighted by Gasteiger charge is -2.22. The van der Waals surface area contributed by atoms with Gasteiger partial charge in [0.15, 0.2) is 0 Å². The van der Waals surface area contributed by atoms with Gasteiger partial charge >= 0.3 is 6.18 Å². The lowest BCUT2D eigenvalue weighted by atomic mass is 10.1. The fourth-order valence-electron chi connectivity index (χ4n) is 2.04. The van der Waals surface area contributed by atoms with Crippen LogP contribution in [0.4, 0.5) is 13.2 Å². The van der Waals surface area contributed by atoms with Gasteiger partial charge in [0, 0.05) is 19.7 Å². The van der Waals surface area contributed by atoms with Crippen LogP contribution < -0.4 is 0 Å². The molecular weight excluding hydrogens is 307 g/mol. The van der Waals surface area contributed by atoms with Gasteiger partial charge in [-0.15, -0.1) is 0 Å². The monoisotopic (exact) mass is 325 g/mol. The third kappa shape index (κ3) is 3.96. The molecule has 0 heterocycles. The molecule has 0 radical (unpaired) electrons. The van der Waals surface area contributed by atoms with Crippen molar-refractivity contribution in [3.05, 3.63) is 29.3 Å². The second-order valence-electron chi connectivity index (χ2n) is 4.50. The van der Waals surface area contributed by atoms with E-state index in [9.17, 15) is 21.6 Å². The summed E-state index contributed by atoms with van der Waals surface area (Å²) in [4.78, 5) is -0.350. The zero-order valence-corrected chi connectivity index (χ0v) is 12.6. The van der Waals surface area contributed by atoms with E-state index in [2.05, 4.69) is 0 Å². The summed E-state index contributed by atoms with van der Waals surface area (Å²) < 4.78 is 64.5. The largest absolute Gasteiger partial charge is 0.416 e. The zero-order chi connectivity index (χ0) is 16.3. The van der Waals surface area contributed by atoms with Gasteiger partial charge in [0.25, 0.3) is 0 Å². The molecule has 0 atom stereocenters. The number of nitrogens with zero attached hydrogens (tertiary/aromatic N) is 1. The smallest absolute Gasteiger partial charge is 0.396 e. The molecule has 0 spiro atoms. The lowest BCUT2D eigenvalue weighted by Crippen LogP contribution is -2.33. The van der Waals surface area contributed by atoms with E-state index < -0.39 is 21.8 Å². The Labute approximate surface area is 122 Å². The van der Waals surface area contributed by atoms with E-state index in [0.717, 1.165) is 23.4 Å².